The van der Waals surface area contributed by atoms with E-state index in [0.717, 1.165) is 26.1 Å². The number of hydrogen-bond acceptors (Lipinski definition) is 3. The molecule has 4 heteroatoms. The van der Waals surface area contributed by atoms with E-state index in [9.17, 15) is 4.79 Å². The molecule has 0 aromatic rings. The Labute approximate surface area is 92.0 Å². The van der Waals surface area contributed by atoms with Gasteiger partial charge >= 0.3 is 6.09 Å². The minimum absolute atomic E-state index is 0.128. The highest BCUT2D eigenvalue weighted by atomic mass is 16.5. The molecule has 0 saturated carbocycles. The topological polar surface area (TPSA) is 41.6 Å². The zero-order valence-electron chi connectivity index (χ0n) is 10.2. The van der Waals surface area contributed by atoms with Gasteiger partial charge in [-0.3, -0.25) is 0 Å². The molecule has 1 amide bonds. The summed E-state index contributed by atoms with van der Waals surface area (Å²) in [4.78, 5) is 13.1. The number of hydrogen-bond donors (Lipinski definition) is 1. The predicted molar refractivity (Wildman–Crippen MR) is 59.8 cm³/mol. The average molecular weight is 214 g/mol. The van der Waals surface area contributed by atoms with E-state index < -0.39 is 0 Å². The van der Waals surface area contributed by atoms with Crippen LogP contribution in [0.1, 0.15) is 27.2 Å². The van der Waals surface area contributed by atoms with Gasteiger partial charge in [-0.2, -0.15) is 0 Å². The molecule has 88 valence electrons. The monoisotopic (exact) mass is 214 g/mol. The number of nitrogens with one attached hydrogen (secondary N) is 1. The molecular formula is C11H22N2O2. The molecule has 1 unspecified atom stereocenters. The zero-order valence-corrected chi connectivity index (χ0v) is 10.2. The Kier molecular flexibility index (Phi) is 3.97. The van der Waals surface area contributed by atoms with E-state index in [2.05, 4.69) is 26.1 Å². The second-order valence-corrected chi connectivity index (χ2v) is 4.71. The van der Waals surface area contributed by atoms with E-state index >= 15 is 0 Å². The van der Waals surface area contributed by atoms with Crippen LogP contribution < -0.4 is 5.32 Å². The van der Waals surface area contributed by atoms with Gasteiger partial charge in [0.1, 0.15) is 0 Å². The van der Waals surface area contributed by atoms with Gasteiger partial charge in [-0.1, -0.05) is 13.8 Å². The Morgan fingerprint density at radius 3 is 2.67 bits per heavy atom. The first-order chi connectivity index (χ1) is 6.99. The van der Waals surface area contributed by atoms with Crippen LogP contribution in [0, 0.1) is 5.92 Å². The SMILES string of the molecule is COC(=O)N1CCNC(C)(C(C)C)CC1. The van der Waals surface area contributed by atoms with Crippen LogP contribution in [-0.4, -0.2) is 43.3 Å². The summed E-state index contributed by atoms with van der Waals surface area (Å²) in [6.45, 7) is 8.98. The van der Waals surface area contributed by atoms with Crippen molar-refractivity contribution in [3.8, 4) is 0 Å². The van der Waals surface area contributed by atoms with Gasteiger partial charge in [0.15, 0.2) is 0 Å². The van der Waals surface area contributed by atoms with E-state index in [1.807, 2.05) is 0 Å². The maximum Gasteiger partial charge on any atom is 0.409 e. The molecule has 0 aromatic carbocycles. The van der Waals surface area contributed by atoms with E-state index in [4.69, 9.17) is 4.74 Å². The predicted octanol–water partition coefficient (Wildman–Crippen LogP) is 1.46. The third kappa shape index (κ3) is 2.84. The van der Waals surface area contributed by atoms with Crippen molar-refractivity contribution in [2.75, 3.05) is 26.7 Å². The van der Waals surface area contributed by atoms with Crippen molar-refractivity contribution >= 4 is 6.09 Å². The summed E-state index contributed by atoms with van der Waals surface area (Å²) in [6.07, 6.45) is 0.754. The van der Waals surface area contributed by atoms with Crippen LogP contribution in [0.15, 0.2) is 0 Å². The molecule has 0 bridgehead atoms. The van der Waals surface area contributed by atoms with Crippen molar-refractivity contribution in [3.63, 3.8) is 0 Å². The van der Waals surface area contributed by atoms with Gasteiger partial charge in [0, 0.05) is 25.2 Å². The minimum Gasteiger partial charge on any atom is -0.453 e. The molecule has 0 aromatic heterocycles. The lowest BCUT2D eigenvalue weighted by Gasteiger charge is -2.33. The highest BCUT2D eigenvalue weighted by Gasteiger charge is 2.31. The van der Waals surface area contributed by atoms with Crippen molar-refractivity contribution in [1.29, 1.82) is 0 Å². The zero-order chi connectivity index (χ0) is 11.5. The van der Waals surface area contributed by atoms with E-state index in [1.165, 1.54) is 7.11 Å². The van der Waals surface area contributed by atoms with Crippen LogP contribution in [0.25, 0.3) is 0 Å². The van der Waals surface area contributed by atoms with Crippen LogP contribution >= 0.6 is 0 Å². The number of ether oxygens (including phenoxy) is 1. The number of rotatable bonds is 1. The van der Waals surface area contributed by atoms with Crippen molar-refractivity contribution in [1.82, 2.24) is 10.2 Å². The number of nitrogens with zero attached hydrogens (tertiary/aromatic N) is 1. The van der Waals surface area contributed by atoms with Gasteiger partial charge in [0.05, 0.1) is 7.11 Å². The maximum atomic E-state index is 11.4. The molecule has 15 heavy (non-hydrogen) atoms. The van der Waals surface area contributed by atoms with Crippen molar-refractivity contribution in [3.05, 3.63) is 0 Å². The molecule has 0 radical (unpaired) electrons. The summed E-state index contributed by atoms with van der Waals surface area (Å²) in [7, 11) is 1.43. The lowest BCUT2D eigenvalue weighted by atomic mass is 9.85. The molecule has 1 atom stereocenters. The summed E-state index contributed by atoms with van der Waals surface area (Å²) >= 11 is 0. The van der Waals surface area contributed by atoms with E-state index in [-0.39, 0.29) is 11.6 Å². The summed E-state index contributed by atoms with van der Waals surface area (Å²) in [5.41, 5.74) is 0.128. The van der Waals surface area contributed by atoms with Crippen LogP contribution in [0.4, 0.5) is 4.79 Å². The van der Waals surface area contributed by atoms with Crippen molar-refractivity contribution in [2.24, 2.45) is 5.92 Å². The second kappa shape index (κ2) is 4.84. The van der Waals surface area contributed by atoms with Gasteiger partial charge in [-0.25, -0.2) is 4.79 Å². The third-order valence-corrected chi connectivity index (χ3v) is 3.52. The quantitative estimate of drug-likeness (QED) is 0.718. The molecule has 1 heterocycles. The lowest BCUT2D eigenvalue weighted by Crippen LogP contribution is -2.46. The fourth-order valence-electron chi connectivity index (χ4n) is 1.85. The molecule has 1 aliphatic rings. The van der Waals surface area contributed by atoms with Crippen LogP contribution in [0.5, 0.6) is 0 Å². The Balaban J connectivity index is 2.59. The van der Waals surface area contributed by atoms with E-state index in [1.54, 1.807) is 4.90 Å². The van der Waals surface area contributed by atoms with Crippen molar-refractivity contribution < 1.29 is 9.53 Å². The van der Waals surface area contributed by atoms with Gasteiger partial charge in [-0.05, 0) is 19.3 Å². The standard InChI is InChI=1S/C11H22N2O2/c1-9(2)11(3)5-7-13(8-6-12-11)10(14)15-4/h9,12H,5-8H2,1-4H3. The fourth-order valence-corrected chi connectivity index (χ4v) is 1.85. The molecule has 1 fully saturated rings. The highest BCUT2D eigenvalue weighted by Crippen LogP contribution is 2.22. The number of carbonyl (C=O) groups is 1. The van der Waals surface area contributed by atoms with Gasteiger partial charge < -0.3 is 15.0 Å². The summed E-state index contributed by atoms with van der Waals surface area (Å²) < 4.78 is 4.73. The summed E-state index contributed by atoms with van der Waals surface area (Å²) in [5.74, 6) is 0.565. The first-order valence-corrected chi connectivity index (χ1v) is 5.57. The molecule has 1 saturated heterocycles. The third-order valence-electron chi connectivity index (χ3n) is 3.52. The fraction of sp³-hybridized carbons (Fsp3) is 0.909. The molecule has 1 aliphatic heterocycles. The molecule has 0 aliphatic carbocycles. The number of methoxy groups -OCH3 is 1. The Hall–Kier alpha value is -0.770. The Morgan fingerprint density at radius 1 is 1.47 bits per heavy atom. The van der Waals surface area contributed by atoms with E-state index in [0.29, 0.717) is 5.92 Å². The van der Waals surface area contributed by atoms with Gasteiger partial charge in [0.2, 0.25) is 0 Å². The number of amides is 1. The van der Waals surface area contributed by atoms with Gasteiger partial charge in [0.25, 0.3) is 0 Å². The second-order valence-electron chi connectivity index (χ2n) is 4.71. The first-order valence-electron chi connectivity index (χ1n) is 5.57. The average Bonchev–Trinajstić information content (AvgIpc) is 2.40. The number of carbonyl (C=O) groups excluding carboxylic acids is 1. The van der Waals surface area contributed by atoms with Crippen LogP contribution in [0.2, 0.25) is 0 Å². The summed E-state index contributed by atoms with van der Waals surface area (Å²) in [5, 5.41) is 3.52. The normalized spacial score (nSPS) is 27.7. The highest BCUT2D eigenvalue weighted by molar-refractivity contribution is 5.67. The smallest absolute Gasteiger partial charge is 0.409 e. The van der Waals surface area contributed by atoms with Gasteiger partial charge in [-0.15, -0.1) is 0 Å². The van der Waals surface area contributed by atoms with Crippen LogP contribution in [-0.2, 0) is 4.74 Å². The molecule has 1 N–H and O–H groups in total. The Bertz CT molecular complexity index is 231. The largest absolute Gasteiger partial charge is 0.453 e. The molecule has 0 spiro atoms. The van der Waals surface area contributed by atoms with Crippen molar-refractivity contribution in [2.45, 2.75) is 32.7 Å². The summed E-state index contributed by atoms with van der Waals surface area (Å²) in [6, 6.07) is 0. The molecule has 4 nitrogen and oxygen atoms in total. The van der Waals surface area contributed by atoms with Crippen LogP contribution in [0.3, 0.4) is 0 Å². The molecular weight excluding hydrogens is 192 g/mol. The molecule has 1 rings (SSSR count). The minimum atomic E-state index is -0.218. The Morgan fingerprint density at radius 2 is 2.13 bits per heavy atom. The lowest BCUT2D eigenvalue weighted by molar-refractivity contribution is 0.125. The first kappa shape index (κ1) is 12.3. The maximum absolute atomic E-state index is 11.4.